The van der Waals surface area contributed by atoms with E-state index in [2.05, 4.69) is 0 Å². The standard InChI is InChI=1S/C24H28N2O5/c1-24(2,3)31-22(27)25-11-7-10-21(25)18-12-19-15-29-16-20(13-18)26(19)23(28)30-14-17-8-5-4-6-9-17/h4-12,19-20H,13-16H2,1-3H3. The average molecular weight is 424 g/mol. The van der Waals surface area contributed by atoms with E-state index >= 15 is 0 Å². The van der Waals surface area contributed by atoms with Crippen molar-refractivity contribution in [2.24, 2.45) is 0 Å². The first kappa shape index (κ1) is 21.2. The molecular weight excluding hydrogens is 396 g/mol. The summed E-state index contributed by atoms with van der Waals surface area (Å²) in [6, 6.07) is 13.0. The van der Waals surface area contributed by atoms with Crippen LogP contribution in [0.2, 0.25) is 0 Å². The molecule has 2 unspecified atom stereocenters. The van der Waals surface area contributed by atoms with Gasteiger partial charge in [-0.1, -0.05) is 36.4 Å². The molecule has 4 rings (SSSR count). The van der Waals surface area contributed by atoms with Crippen LogP contribution in [0, 0.1) is 0 Å². The highest BCUT2D eigenvalue weighted by molar-refractivity contribution is 5.80. The number of carbonyl (C=O) groups is 2. The average Bonchev–Trinajstić information content (AvgIpc) is 3.21. The van der Waals surface area contributed by atoms with Crippen molar-refractivity contribution in [1.82, 2.24) is 9.47 Å². The molecule has 2 aliphatic heterocycles. The fourth-order valence-electron chi connectivity index (χ4n) is 3.98. The maximum atomic E-state index is 12.8. The zero-order chi connectivity index (χ0) is 22.0. The lowest BCUT2D eigenvalue weighted by atomic mass is 9.92. The van der Waals surface area contributed by atoms with Gasteiger partial charge >= 0.3 is 12.2 Å². The zero-order valence-corrected chi connectivity index (χ0v) is 18.1. The largest absolute Gasteiger partial charge is 0.445 e. The van der Waals surface area contributed by atoms with Gasteiger partial charge in [0.25, 0.3) is 0 Å². The van der Waals surface area contributed by atoms with Crippen LogP contribution in [-0.4, -0.2) is 52.6 Å². The fraction of sp³-hybridized carbons (Fsp3) is 0.417. The fourth-order valence-corrected chi connectivity index (χ4v) is 3.98. The molecule has 3 heterocycles. The summed E-state index contributed by atoms with van der Waals surface area (Å²) >= 11 is 0. The first-order valence-corrected chi connectivity index (χ1v) is 10.5. The number of ether oxygens (including phenoxy) is 3. The molecule has 7 heteroatoms. The van der Waals surface area contributed by atoms with Crippen molar-refractivity contribution in [3.05, 3.63) is 66.0 Å². The van der Waals surface area contributed by atoms with Crippen LogP contribution in [0.4, 0.5) is 9.59 Å². The summed E-state index contributed by atoms with van der Waals surface area (Å²) in [5.41, 5.74) is 2.15. The molecule has 7 nitrogen and oxygen atoms in total. The molecule has 0 radical (unpaired) electrons. The number of fused-ring (bicyclic) bond motifs is 2. The monoisotopic (exact) mass is 424 g/mol. The molecule has 2 aliphatic rings. The molecule has 31 heavy (non-hydrogen) atoms. The lowest BCUT2D eigenvalue weighted by molar-refractivity contribution is -0.0342. The van der Waals surface area contributed by atoms with Gasteiger partial charge < -0.3 is 14.2 Å². The van der Waals surface area contributed by atoms with Crippen LogP contribution in [0.5, 0.6) is 0 Å². The van der Waals surface area contributed by atoms with E-state index in [0.717, 1.165) is 16.8 Å². The Bertz CT molecular complexity index is 973. The van der Waals surface area contributed by atoms with Crippen molar-refractivity contribution in [3.8, 4) is 0 Å². The van der Waals surface area contributed by atoms with Crippen molar-refractivity contribution in [3.63, 3.8) is 0 Å². The quantitative estimate of drug-likeness (QED) is 0.727. The van der Waals surface area contributed by atoms with E-state index in [4.69, 9.17) is 14.2 Å². The summed E-state index contributed by atoms with van der Waals surface area (Å²) in [5.74, 6) is 0. The van der Waals surface area contributed by atoms with Gasteiger partial charge in [-0.25, -0.2) is 9.59 Å². The van der Waals surface area contributed by atoms with Crippen molar-refractivity contribution in [2.75, 3.05) is 13.2 Å². The van der Waals surface area contributed by atoms with Crippen LogP contribution in [0.1, 0.15) is 38.4 Å². The SMILES string of the molecule is CC(C)(C)OC(=O)n1cccc1C1=CC2COCC(C1)N2C(=O)OCc1ccccc1. The summed E-state index contributed by atoms with van der Waals surface area (Å²) in [6.45, 7) is 6.58. The Hall–Kier alpha value is -3.06. The van der Waals surface area contributed by atoms with E-state index < -0.39 is 11.7 Å². The van der Waals surface area contributed by atoms with Crippen molar-refractivity contribution < 1.29 is 23.8 Å². The van der Waals surface area contributed by atoms with Gasteiger partial charge in [-0.3, -0.25) is 9.47 Å². The highest BCUT2D eigenvalue weighted by Gasteiger charge is 2.39. The van der Waals surface area contributed by atoms with Crippen molar-refractivity contribution >= 4 is 17.8 Å². The molecule has 0 spiro atoms. The Balaban J connectivity index is 1.51. The van der Waals surface area contributed by atoms with Gasteiger partial charge in [0.1, 0.15) is 12.2 Å². The second kappa shape index (κ2) is 8.59. The number of benzene rings is 1. The zero-order valence-electron chi connectivity index (χ0n) is 18.1. The molecule has 0 aliphatic carbocycles. The molecule has 1 saturated heterocycles. The summed E-state index contributed by atoms with van der Waals surface area (Å²) in [5, 5.41) is 0. The number of morpholine rings is 1. The van der Waals surface area contributed by atoms with Gasteiger partial charge in [0.2, 0.25) is 0 Å². The number of carbonyl (C=O) groups excluding carboxylic acids is 2. The van der Waals surface area contributed by atoms with E-state index in [-0.39, 0.29) is 24.8 Å². The summed E-state index contributed by atoms with van der Waals surface area (Å²) in [6.07, 6.45) is 3.51. The Morgan fingerprint density at radius 3 is 2.55 bits per heavy atom. The predicted molar refractivity (Wildman–Crippen MR) is 116 cm³/mol. The van der Waals surface area contributed by atoms with Crippen LogP contribution in [0.15, 0.2) is 54.7 Å². The second-order valence-electron chi connectivity index (χ2n) is 8.85. The first-order valence-electron chi connectivity index (χ1n) is 10.5. The summed E-state index contributed by atoms with van der Waals surface area (Å²) < 4.78 is 18.3. The van der Waals surface area contributed by atoms with Crippen LogP contribution in [0.25, 0.3) is 5.57 Å². The Morgan fingerprint density at radius 2 is 1.84 bits per heavy atom. The predicted octanol–water partition coefficient (Wildman–Crippen LogP) is 4.46. The third-order valence-electron chi connectivity index (χ3n) is 5.28. The number of amides is 1. The summed E-state index contributed by atoms with van der Waals surface area (Å²) in [4.78, 5) is 27.2. The van der Waals surface area contributed by atoms with Gasteiger partial charge in [0, 0.05) is 6.20 Å². The van der Waals surface area contributed by atoms with Crippen LogP contribution >= 0.6 is 0 Å². The molecule has 1 aromatic heterocycles. The number of aromatic nitrogens is 1. The van der Waals surface area contributed by atoms with E-state index in [1.165, 1.54) is 4.57 Å². The number of hydrogen-bond acceptors (Lipinski definition) is 5. The summed E-state index contributed by atoms with van der Waals surface area (Å²) in [7, 11) is 0. The van der Waals surface area contributed by atoms with Crippen molar-refractivity contribution in [1.29, 1.82) is 0 Å². The molecular formula is C24H28N2O5. The van der Waals surface area contributed by atoms with E-state index in [9.17, 15) is 9.59 Å². The Labute approximate surface area is 182 Å². The third kappa shape index (κ3) is 4.82. The van der Waals surface area contributed by atoms with Crippen LogP contribution in [-0.2, 0) is 20.8 Å². The Kier molecular flexibility index (Phi) is 5.87. The van der Waals surface area contributed by atoms with Gasteiger partial charge in [-0.2, -0.15) is 0 Å². The van der Waals surface area contributed by atoms with E-state index in [0.29, 0.717) is 19.6 Å². The molecule has 0 saturated carbocycles. The van der Waals surface area contributed by atoms with Gasteiger partial charge in [-0.15, -0.1) is 0 Å². The normalized spacial score (nSPS) is 20.7. The smallest absolute Gasteiger partial charge is 0.418 e. The molecule has 2 aromatic rings. The van der Waals surface area contributed by atoms with Gasteiger partial charge in [-0.05, 0) is 50.5 Å². The number of hydrogen-bond donors (Lipinski definition) is 0. The van der Waals surface area contributed by atoms with Crippen molar-refractivity contribution in [2.45, 2.75) is 51.5 Å². The number of rotatable bonds is 3. The first-order chi connectivity index (χ1) is 14.8. The van der Waals surface area contributed by atoms with Crippen LogP contribution < -0.4 is 0 Å². The highest BCUT2D eigenvalue weighted by atomic mass is 16.6. The molecule has 2 bridgehead atoms. The molecule has 2 atom stereocenters. The topological polar surface area (TPSA) is 70.0 Å². The lowest BCUT2D eigenvalue weighted by Crippen LogP contribution is -2.56. The maximum absolute atomic E-state index is 12.8. The minimum atomic E-state index is -0.580. The molecule has 1 aromatic carbocycles. The Morgan fingerprint density at radius 1 is 1.06 bits per heavy atom. The van der Waals surface area contributed by atoms with E-state index in [1.807, 2.05) is 69.3 Å². The van der Waals surface area contributed by atoms with Crippen LogP contribution in [0.3, 0.4) is 0 Å². The minimum Gasteiger partial charge on any atom is -0.445 e. The molecule has 1 amide bonds. The third-order valence-corrected chi connectivity index (χ3v) is 5.28. The van der Waals surface area contributed by atoms with E-state index in [1.54, 1.807) is 11.1 Å². The molecule has 1 fully saturated rings. The second-order valence-corrected chi connectivity index (χ2v) is 8.85. The van der Waals surface area contributed by atoms with Gasteiger partial charge in [0.05, 0.1) is 31.0 Å². The molecule has 0 N–H and O–H groups in total. The molecule has 164 valence electrons. The minimum absolute atomic E-state index is 0.149. The highest BCUT2D eigenvalue weighted by Crippen LogP contribution is 2.33. The van der Waals surface area contributed by atoms with Gasteiger partial charge in [0.15, 0.2) is 0 Å². The maximum Gasteiger partial charge on any atom is 0.418 e. The number of nitrogens with zero attached hydrogens (tertiary/aromatic N) is 2. The lowest BCUT2D eigenvalue weighted by Gasteiger charge is -2.43.